The summed E-state index contributed by atoms with van der Waals surface area (Å²) >= 11 is 0. The van der Waals surface area contributed by atoms with Gasteiger partial charge in [-0.1, -0.05) is 18.9 Å². The van der Waals surface area contributed by atoms with E-state index in [0.29, 0.717) is 12.8 Å². The van der Waals surface area contributed by atoms with Gasteiger partial charge in [0.25, 0.3) is 0 Å². The zero-order valence-corrected chi connectivity index (χ0v) is 14.7. The number of carboxylic acid groups (broad SMARTS) is 1. The number of carbonyl (C=O) groups excluding carboxylic acids is 1. The van der Waals surface area contributed by atoms with Gasteiger partial charge in [0.2, 0.25) is 10.0 Å². The first kappa shape index (κ1) is 17.9. The molecule has 1 aromatic carbocycles. The lowest BCUT2D eigenvalue weighted by atomic mass is 9.85. The topological polar surface area (TPSA) is 101 Å². The molecule has 1 aromatic rings. The number of rotatable bonds is 4. The summed E-state index contributed by atoms with van der Waals surface area (Å²) in [6.07, 6.45) is 3.75. The lowest BCUT2D eigenvalue weighted by Gasteiger charge is -2.32. The van der Waals surface area contributed by atoms with E-state index in [9.17, 15) is 23.1 Å². The molecule has 0 bridgehead atoms. The zero-order valence-electron chi connectivity index (χ0n) is 13.9. The molecule has 0 amide bonds. The maximum atomic E-state index is 13.2. The second-order valence-corrected chi connectivity index (χ2v) is 8.40. The molecular formula is C17H21NO6S. The van der Waals surface area contributed by atoms with Gasteiger partial charge in [-0.3, -0.25) is 4.79 Å². The van der Waals surface area contributed by atoms with Crippen LogP contribution in [0.15, 0.2) is 29.2 Å². The molecule has 3 rings (SSSR count). The smallest absolute Gasteiger partial charge is 0.337 e. The Balaban J connectivity index is 2.02. The molecule has 2 aliphatic rings. The largest absolute Gasteiger partial charge is 0.480 e. The van der Waals surface area contributed by atoms with E-state index >= 15 is 0 Å². The first-order chi connectivity index (χ1) is 11.9. The Morgan fingerprint density at radius 2 is 1.96 bits per heavy atom. The van der Waals surface area contributed by atoms with Gasteiger partial charge in [0.15, 0.2) is 0 Å². The first-order valence-electron chi connectivity index (χ1n) is 8.31. The molecule has 136 valence electrons. The third-order valence-corrected chi connectivity index (χ3v) is 7.07. The highest BCUT2D eigenvalue weighted by Crippen LogP contribution is 2.42. The molecule has 8 heteroatoms. The number of nitrogens with zero attached hydrogens (tertiary/aromatic N) is 1. The van der Waals surface area contributed by atoms with Crippen molar-refractivity contribution in [2.45, 2.75) is 49.1 Å². The average Bonchev–Trinajstić information content (AvgIpc) is 3.01. The van der Waals surface area contributed by atoms with Crippen molar-refractivity contribution < 1.29 is 27.9 Å². The monoisotopic (exact) mass is 367 g/mol. The molecule has 1 saturated carbocycles. The van der Waals surface area contributed by atoms with Crippen molar-refractivity contribution in [2.75, 3.05) is 7.11 Å². The highest BCUT2D eigenvalue weighted by Gasteiger charge is 2.51. The van der Waals surface area contributed by atoms with Crippen LogP contribution in [0.25, 0.3) is 0 Å². The van der Waals surface area contributed by atoms with Crippen molar-refractivity contribution in [2.24, 2.45) is 5.92 Å². The van der Waals surface area contributed by atoms with Gasteiger partial charge in [-0.15, -0.1) is 0 Å². The van der Waals surface area contributed by atoms with Crippen molar-refractivity contribution in [3.05, 3.63) is 29.8 Å². The number of ether oxygens (including phenoxy) is 1. The van der Waals surface area contributed by atoms with Crippen LogP contribution in [0.1, 0.15) is 42.5 Å². The van der Waals surface area contributed by atoms with Gasteiger partial charge < -0.3 is 9.84 Å². The molecule has 7 nitrogen and oxygen atoms in total. The van der Waals surface area contributed by atoms with Gasteiger partial charge in [-0.05, 0) is 43.4 Å². The zero-order chi connectivity index (χ0) is 18.2. The van der Waals surface area contributed by atoms with Gasteiger partial charge >= 0.3 is 11.9 Å². The molecule has 1 aliphatic carbocycles. The van der Waals surface area contributed by atoms with Crippen LogP contribution in [0, 0.1) is 5.92 Å². The molecule has 2 fully saturated rings. The van der Waals surface area contributed by atoms with Crippen LogP contribution in [0.2, 0.25) is 0 Å². The number of fused-ring (bicyclic) bond motifs is 1. The second-order valence-electron chi connectivity index (χ2n) is 6.56. The minimum atomic E-state index is -4.02. The summed E-state index contributed by atoms with van der Waals surface area (Å²) in [6, 6.07) is 4.21. The summed E-state index contributed by atoms with van der Waals surface area (Å²) in [7, 11) is -2.80. The second kappa shape index (κ2) is 6.76. The average molecular weight is 367 g/mol. The molecule has 0 radical (unpaired) electrons. The van der Waals surface area contributed by atoms with Crippen LogP contribution in [0.4, 0.5) is 0 Å². The summed E-state index contributed by atoms with van der Waals surface area (Å²) in [6.45, 7) is 0. The van der Waals surface area contributed by atoms with E-state index in [1.807, 2.05) is 0 Å². The van der Waals surface area contributed by atoms with E-state index < -0.39 is 28.0 Å². The number of benzene rings is 1. The van der Waals surface area contributed by atoms with Gasteiger partial charge in [-0.2, -0.15) is 4.31 Å². The van der Waals surface area contributed by atoms with Gasteiger partial charge in [0.1, 0.15) is 6.04 Å². The summed E-state index contributed by atoms with van der Waals surface area (Å²) in [5.41, 5.74) is 0.120. The van der Waals surface area contributed by atoms with Crippen molar-refractivity contribution in [1.82, 2.24) is 4.31 Å². The number of carbonyl (C=O) groups is 2. The number of hydrogen-bond acceptors (Lipinski definition) is 5. The maximum absolute atomic E-state index is 13.2. The molecule has 0 spiro atoms. The van der Waals surface area contributed by atoms with Gasteiger partial charge in [0.05, 0.1) is 17.6 Å². The van der Waals surface area contributed by atoms with E-state index in [1.165, 1.54) is 31.4 Å². The van der Waals surface area contributed by atoms with E-state index in [0.717, 1.165) is 23.6 Å². The van der Waals surface area contributed by atoms with Crippen molar-refractivity contribution in [3.8, 4) is 0 Å². The molecule has 1 saturated heterocycles. The number of carboxylic acids is 1. The highest BCUT2D eigenvalue weighted by molar-refractivity contribution is 7.89. The predicted octanol–water partition coefficient (Wildman–Crippen LogP) is 1.88. The molecule has 0 aromatic heterocycles. The first-order valence-corrected chi connectivity index (χ1v) is 9.75. The Labute approximate surface area is 146 Å². The molecule has 3 atom stereocenters. The summed E-state index contributed by atoms with van der Waals surface area (Å²) in [5.74, 6) is -1.68. The minimum Gasteiger partial charge on any atom is -0.480 e. The number of esters is 1. The van der Waals surface area contributed by atoms with Crippen LogP contribution in [0.3, 0.4) is 0 Å². The Morgan fingerprint density at radius 1 is 1.24 bits per heavy atom. The Bertz CT molecular complexity index is 790. The minimum absolute atomic E-state index is 0.0760. The number of hydrogen-bond donors (Lipinski definition) is 1. The van der Waals surface area contributed by atoms with Crippen molar-refractivity contribution in [1.29, 1.82) is 0 Å². The van der Waals surface area contributed by atoms with Gasteiger partial charge in [0, 0.05) is 6.04 Å². The normalized spacial score (nSPS) is 26.8. The van der Waals surface area contributed by atoms with Crippen molar-refractivity contribution >= 4 is 22.0 Å². The number of sulfonamides is 1. The highest BCUT2D eigenvalue weighted by atomic mass is 32.2. The number of methoxy groups -OCH3 is 1. The van der Waals surface area contributed by atoms with Crippen LogP contribution < -0.4 is 0 Å². The third-order valence-electron chi connectivity index (χ3n) is 5.14. The molecule has 25 heavy (non-hydrogen) atoms. The Kier molecular flexibility index (Phi) is 4.83. The number of aliphatic carboxylic acids is 1. The van der Waals surface area contributed by atoms with E-state index in [1.54, 1.807) is 0 Å². The van der Waals surface area contributed by atoms with Crippen LogP contribution in [-0.4, -0.2) is 49.0 Å². The molecular weight excluding hydrogens is 346 g/mol. The van der Waals surface area contributed by atoms with E-state index in [2.05, 4.69) is 4.74 Å². The summed E-state index contributed by atoms with van der Waals surface area (Å²) in [4.78, 5) is 23.3. The predicted molar refractivity (Wildman–Crippen MR) is 88.6 cm³/mol. The Morgan fingerprint density at radius 3 is 2.64 bits per heavy atom. The SMILES string of the molecule is COC(=O)c1cccc(S(=O)(=O)N2C(C(=O)O)CC3CCCCC32)c1. The van der Waals surface area contributed by atoms with Crippen LogP contribution >= 0.6 is 0 Å². The lowest BCUT2D eigenvalue weighted by molar-refractivity contribution is -0.141. The van der Waals surface area contributed by atoms with Gasteiger partial charge in [-0.25, -0.2) is 13.2 Å². The fourth-order valence-electron chi connectivity index (χ4n) is 4.00. The summed E-state index contributed by atoms with van der Waals surface area (Å²) in [5, 5.41) is 9.54. The molecule has 1 N–H and O–H groups in total. The van der Waals surface area contributed by atoms with Crippen molar-refractivity contribution in [3.63, 3.8) is 0 Å². The van der Waals surface area contributed by atoms with Crippen LogP contribution in [0.5, 0.6) is 0 Å². The standard InChI is InChI=1S/C17H21NO6S/c1-24-17(21)12-6-4-7-13(9-12)25(22,23)18-14-8-3-2-5-11(14)10-15(18)16(19)20/h4,6-7,9,11,14-15H,2-3,5,8,10H2,1H3,(H,19,20). The summed E-state index contributed by atoms with van der Waals surface area (Å²) < 4.78 is 32.2. The van der Waals surface area contributed by atoms with E-state index in [4.69, 9.17) is 0 Å². The third kappa shape index (κ3) is 3.16. The van der Waals surface area contributed by atoms with Crippen LogP contribution in [-0.2, 0) is 19.6 Å². The fraction of sp³-hybridized carbons (Fsp3) is 0.529. The van der Waals surface area contributed by atoms with E-state index in [-0.39, 0.29) is 22.4 Å². The molecule has 3 unspecified atom stereocenters. The molecule has 1 aliphatic heterocycles. The maximum Gasteiger partial charge on any atom is 0.337 e. The lowest BCUT2D eigenvalue weighted by Crippen LogP contribution is -2.46. The molecule has 1 heterocycles. The Hall–Kier alpha value is -1.93. The fourth-order valence-corrected chi connectivity index (χ4v) is 5.91. The quantitative estimate of drug-likeness (QED) is 0.816.